The smallest absolute Gasteiger partial charge is 0.330 e. The van der Waals surface area contributed by atoms with E-state index in [1.807, 2.05) is 13.8 Å². The number of carbonyl (C=O) groups is 1. The molecule has 0 aromatic heterocycles. The summed E-state index contributed by atoms with van der Waals surface area (Å²) in [5, 5.41) is 0. The third kappa shape index (κ3) is 1.69. The van der Waals surface area contributed by atoms with Crippen LogP contribution in [0.1, 0.15) is 27.2 Å². The van der Waals surface area contributed by atoms with Crippen LogP contribution in [0, 0.1) is 5.41 Å². The van der Waals surface area contributed by atoms with Gasteiger partial charge < -0.3 is 9.47 Å². The summed E-state index contributed by atoms with van der Waals surface area (Å²) in [6.45, 7) is 10.7. The van der Waals surface area contributed by atoms with E-state index in [0.717, 1.165) is 6.42 Å². The first-order chi connectivity index (χ1) is 6.47. The molecule has 3 nitrogen and oxygen atoms in total. The molecule has 0 spiro atoms. The molecule has 0 N–H and O–H groups in total. The van der Waals surface area contributed by atoms with Crippen LogP contribution in [0.5, 0.6) is 0 Å². The Kier molecular flexibility index (Phi) is 3.00. The first-order valence-corrected chi connectivity index (χ1v) is 4.90. The molecule has 14 heavy (non-hydrogen) atoms. The Morgan fingerprint density at radius 3 is 2.50 bits per heavy atom. The molecule has 0 aliphatic carbocycles. The van der Waals surface area contributed by atoms with Crippen molar-refractivity contribution < 1.29 is 14.3 Å². The fourth-order valence-corrected chi connectivity index (χ4v) is 1.73. The van der Waals surface area contributed by atoms with Gasteiger partial charge in [0.2, 0.25) is 0 Å². The Balaban J connectivity index is 2.72. The predicted molar refractivity (Wildman–Crippen MR) is 53.9 cm³/mol. The van der Waals surface area contributed by atoms with Gasteiger partial charge in [-0.3, -0.25) is 0 Å². The van der Waals surface area contributed by atoms with Crippen molar-refractivity contribution in [3.05, 3.63) is 12.7 Å². The minimum absolute atomic E-state index is 0.0222. The quantitative estimate of drug-likeness (QED) is 0.511. The van der Waals surface area contributed by atoms with Crippen molar-refractivity contribution in [3.63, 3.8) is 0 Å². The van der Waals surface area contributed by atoms with Gasteiger partial charge in [0.1, 0.15) is 5.60 Å². The standard InChI is InChI=1S/C11H18O3/c1-5-9(12)14-10(3,4)11(6-2)7-13-8-11/h5H,1,6-8H2,2-4H3. The molecule has 1 aliphatic rings. The minimum atomic E-state index is -0.481. The van der Waals surface area contributed by atoms with Gasteiger partial charge in [0, 0.05) is 6.08 Å². The molecule has 80 valence electrons. The van der Waals surface area contributed by atoms with Crippen LogP contribution in [-0.4, -0.2) is 24.8 Å². The van der Waals surface area contributed by atoms with E-state index in [4.69, 9.17) is 9.47 Å². The molecule has 1 saturated heterocycles. The van der Waals surface area contributed by atoms with E-state index in [1.54, 1.807) is 0 Å². The second-order valence-electron chi connectivity index (χ2n) is 4.26. The molecule has 1 fully saturated rings. The summed E-state index contributed by atoms with van der Waals surface area (Å²) >= 11 is 0. The fraction of sp³-hybridized carbons (Fsp3) is 0.727. The number of rotatable bonds is 4. The summed E-state index contributed by atoms with van der Waals surface area (Å²) in [4.78, 5) is 11.1. The first-order valence-electron chi connectivity index (χ1n) is 4.90. The van der Waals surface area contributed by atoms with Gasteiger partial charge in [0.05, 0.1) is 18.6 Å². The molecule has 1 aliphatic heterocycles. The van der Waals surface area contributed by atoms with Crippen molar-refractivity contribution in [2.75, 3.05) is 13.2 Å². The Hall–Kier alpha value is -0.830. The summed E-state index contributed by atoms with van der Waals surface area (Å²) in [6.07, 6.45) is 2.15. The molecular formula is C11H18O3. The zero-order chi connectivity index (χ0) is 10.8. The van der Waals surface area contributed by atoms with Gasteiger partial charge >= 0.3 is 5.97 Å². The van der Waals surface area contributed by atoms with Crippen LogP contribution < -0.4 is 0 Å². The summed E-state index contributed by atoms with van der Waals surface area (Å²) < 4.78 is 10.6. The SMILES string of the molecule is C=CC(=O)OC(C)(C)C1(CC)COC1. The molecule has 0 saturated carbocycles. The Morgan fingerprint density at radius 2 is 2.21 bits per heavy atom. The maximum Gasteiger partial charge on any atom is 0.330 e. The number of esters is 1. The number of hydrogen-bond donors (Lipinski definition) is 0. The summed E-state index contributed by atoms with van der Waals surface area (Å²) in [6, 6.07) is 0. The van der Waals surface area contributed by atoms with Crippen molar-refractivity contribution in [1.82, 2.24) is 0 Å². The van der Waals surface area contributed by atoms with Gasteiger partial charge in [-0.25, -0.2) is 4.79 Å². The van der Waals surface area contributed by atoms with Gasteiger partial charge in [-0.05, 0) is 20.3 Å². The van der Waals surface area contributed by atoms with Gasteiger partial charge in [-0.1, -0.05) is 13.5 Å². The summed E-state index contributed by atoms with van der Waals surface area (Å²) in [5.74, 6) is -0.366. The van der Waals surface area contributed by atoms with Gasteiger partial charge in [0.15, 0.2) is 0 Å². The molecule has 0 atom stereocenters. The third-order valence-electron chi connectivity index (χ3n) is 3.23. The highest BCUT2D eigenvalue weighted by atomic mass is 16.6. The van der Waals surface area contributed by atoms with E-state index in [9.17, 15) is 4.79 Å². The third-order valence-corrected chi connectivity index (χ3v) is 3.23. The average Bonchev–Trinajstić information content (AvgIpc) is 2.01. The van der Waals surface area contributed by atoms with Gasteiger partial charge in [0.25, 0.3) is 0 Å². The van der Waals surface area contributed by atoms with Crippen molar-refractivity contribution in [1.29, 1.82) is 0 Å². The van der Waals surface area contributed by atoms with E-state index >= 15 is 0 Å². The predicted octanol–water partition coefficient (Wildman–Crippen LogP) is 1.92. The highest BCUT2D eigenvalue weighted by molar-refractivity contribution is 5.81. The normalized spacial score (nSPS) is 19.6. The number of ether oxygens (including phenoxy) is 2. The van der Waals surface area contributed by atoms with E-state index in [0.29, 0.717) is 13.2 Å². The number of hydrogen-bond acceptors (Lipinski definition) is 3. The Bertz CT molecular complexity index is 233. The molecule has 1 heterocycles. The second kappa shape index (κ2) is 3.73. The fourth-order valence-electron chi connectivity index (χ4n) is 1.73. The lowest BCUT2D eigenvalue weighted by molar-refractivity contribution is -0.224. The second-order valence-corrected chi connectivity index (χ2v) is 4.26. The van der Waals surface area contributed by atoms with E-state index in [2.05, 4.69) is 13.5 Å². The maximum atomic E-state index is 11.1. The monoisotopic (exact) mass is 198 g/mol. The average molecular weight is 198 g/mol. The lowest BCUT2D eigenvalue weighted by Gasteiger charge is -2.50. The molecule has 0 aromatic rings. The van der Waals surface area contributed by atoms with E-state index in [1.165, 1.54) is 6.08 Å². The molecule has 0 unspecified atom stereocenters. The summed E-state index contributed by atoms with van der Waals surface area (Å²) in [7, 11) is 0. The van der Waals surface area contributed by atoms with E-state index < -0.39 is 5.60 Å². The van der Waals surface area contributed by atoms with Crippen LogP contribution in [0.2, 0.25) is 0 Å². The van der Waals surface area contributed by atoms with E-state index in [-0.39, 0.29) is 11.4 Å². The lowest BCUT2D eigenvalue weighted by atomic mass is 9.70. The molecule has 0 amide bonds. The minimum Gasteiger partial charge on any atom is -0.456 e. The molecular weight excluding hydrogens is 180 g/mol. The van der Waals surface area contributed by atoms with Gasteiger partial charge in [-0.2, -0.15) is 0 Å². The largest absolute Gasteiger partial charge is 0.456 e. The first kappa shape index (κ1) is 11.2. The molecule has 0 radical (unpaired) electrons. The van der Waals surface area contributed by atoms with Crippen LogP contribution in [0.3, 0.4) is 0 Å². The highest BCUT2D eigenvalue weighted by Gasteiger charge is 2.51. The number of carbonyl (C=O) groups excluding carboxylic acids is 1. The van der Waals surface area contributed by atoms with Crippen molar-refractivity contribution >= 4 is 5.97 Å². The van der Waals surface area contributed by atoms with Crippen LogP contribution in [-0.2, 0) is 14.3 Å². The Labute approximate surface area is 85.1 Å². The van der Waals surface area contributed by atoms with Crippen LogP contribution in [0.25, 0.3) is 0 Å². The lowest BCUT2D eigenvalue weighted by Crippen LogP contribution is -2.58. The maximum absolute atomic E-state index is 11.1. The topological polar surface area (TPSA) is 35.5 Å². The zero-order valence-corrected chi connectivity index (χ0v) is 9.13. The van der Waals surface area contributed by atoms with Crippen LogP contribution in [0.4, 0.5) is 0 Å². The molecule has 0 aromatic carbocycles. The van der Waals surface area contributed by atoms with Crippen LogP contribution in [0.15, 0.2) is 12.7 Å². The molecule has 0 bridgehead atoms. The van der Waals surface area contributed by atoms with Crippen LogP contribution >= 0.6 is 0 Å². The zero-order valence-electron chi connectivity index (χ0n) is 9.13. The molecule has 1 rings (SSSR count). The van der Waals surface area contributed by atoms with Crippen molar-refractivity contribution in [2.24, 2.45) is 5.41 Å². The highest BCUT2D eigenvalue weighted by Crippen LogP contribution is 2.43. The van der Waals surface area contributed by atoms with Crippen molar-refractivity contribution in [3.8, 4) is 0 Å². The van der Waals surface area contributed by atoms with Gasteiger partial charge in [-0.15, -0.1) is 0 Å². The summed E-state index contributed by atoms with van der Waals surface area (Å²) in [5.41, 5.74) is -0.503. The Morgan fingerprint density at radius 1 is 1.64 bits per heavy atom. The van der Waals surface area contributed by atoms with Crippen molar-refractivity contribution in [2.45, 2.75) is 32.8 Å². The molecule has 3 heteroatoms.